The molecular weight excluding hydrogens is 455 g/mol. The molecule has 6 nitrogen and oxygen atoms in total. The average molecular weight is 496 g/mol. The van der Waals surface area contributed by atoms with Crippen molar-refractivity contribution in [1.82, 2.24) is 14.9 Å². The molecule has 35 heavy (non-hydrogen) atoms. The molecule has 0 radical (unpaired) electrons. The van der Waals surface area contributed by atoms with Crippen LogP contribution in [0.2, 0.25) is 0 Å². The van der Waals surface area contributed by atoms with E-state index in [4.69, 9.17) is 0 Å². The molecule has 2 aromatic rings. The van der Waals surface area contributed by atoms with Gasteiger partial charge in [-0.25, -0.2) is 4.98 Å². The largest absolute Gasteiger partial charge is 0.421 e. The van der Waals surface area contributed by atoms with E-state index in [2.05, 4.69) is 27.5 Å². The topological polar surface area (TPSA) is 70.2 Å². The van der Waals surface area contributed by atoms with E-state index in [0.29, 0.717) is 25.9 Å². The second kappa shape index (κ2) is 15.9. The monoisotopic (exact) mass is 495 g/mol. The molecule has 9 heteroatoms. The van der Waals surface area contributed by atoms with Crippen molar-refractivity contribution in [3.05, 3.63) is 41.6 Å². The number of carbonyl (C=O) groups excluding carboxylic acids is 1. The van der Waals surface area contributed by atoms with Crippen LogP contribution in [0.4, 0.5) is 30.6 Å². The number of rotatable bonds is 13. The highest BCUT2D eigenvalue weighted by atomic mass is 19.4. The second-order valence-electron chi connectivity index (χ2n) is 8.01. The van der Waals surface area contributed by atoms with Crippen molar-refractivity contribution < 1.29 is 18.0 Å². The fourth-order valence-corrected chi connectivity index (χ4v) is 3.41. The Balaban J connectivity index is 0.00000298. The third-order valence-corrected chi connectivity index (χ3v) is 5.22. The van der Waals surface area contributed by atoms with Crippen molar-refractivity contribution in [3.8, 4) is 0 Å². The number of unbranched alkanes of at least 4 members (excludes halogenated alkanes) is 2. The summed E-state index contributed by atoms with van der Waals surface area (Å²) < 4.78 is 40.4. The lowest BCUT2D eigenvalue weighted by Gasteiger charge is -2.22. The summed E-state index contributed by atoms with van der Waals surface area (Å²) in [6.07, 6.45) is 1.00. The number of amides is 1. The molecule has 0 aliphatic rings. The molecule has 1 aromatic carbocycles. The summed E-state index contributed by atoms with van der Waals surface area (Å²) in [5.41, 5.74) is 0.731. The summed E-state index contributed by atoms with van der Waals surface area (Å²) in [6.45, 7) is 11.4. The number of aryl methyl sites for hydroxylation is 1. The maximum atomic E-state index is 13.5. The van der Waals surface area contributed by atoms with Crippen molar-refractivity contribution >= 4 is 23.4 Å². The lowest BCUT2D eigenvalue weighted by atomic mass is 10.2. The molecule has 0 unspecified atom stereocenters. The Morgan fingerprint density at radius 2 is 1.74 bits per heavy atom. The molecule has 2 N–H and O–H groups in total. The van der Waals surface area contributed by atoms with E-state index in [1.165, 1.54) is 0 Å². The zero-order valence-electron chi connectivity index (χ0n) is 21.6. The van der Waals surface area contributed by atoms with E-state index >= 15 is 0 Å². The van der Waals surface area contributed by atoms with E-state index in [-0.39, 0.29) is 24.2 Å². The van der Waals surface area contributed by atoms with Gasteiger partial charge in [-0.05, 0) is 37.8 Å². The summed E-state index contributed by atoms with van der Waals surface area (Å²) in [5, 5.41) is 5.77. The van der Waals surface area contributed by atoms with Crippen molar-refractivity contribution in [2.24, 2.45) is 0 Å². The van der Waals surface area contributed by atoms with Crippen LogP contribution in [0.3, 0.4) is 0 Å². The van der Waals surface area contributed by atoms with Crippen LogP contribution in [0.5, 0.6) is 0 Å². The predicted molar refractivity (Wildman–Crippen MR) is 137 cm³/mol. The molecule has 0 bridgehead atoms. The molecule has 0 saturated heterocycles. The number of aromatic nitrogens is 2. The zero-order valence-corrected chi connectivity index (χ0v) is 21.6. The lowest BCUT2D eigenvalue weighted by Crippen LogP contribution is -2.33. The minimum Gasteiger partial charge on any atom is -0.369 e. The molecule has 0 aliphatic heterocycles. The normalized spacial score (nSPS) is 10.9. The van der Waals surface area contributed by atoms with Crippen LogP contribution >= 0.6 is 0 Å². The Kier molecular flexibility index (Phi) is 13.8. The van der Waals surface area contributed by atoms with Crippen molar-refractivity contribution in [2.75, 3.05) is 30.3 Å². The van der Waals surface area contributed by atoms with Crippen molar-refractivity contribution in [2.45, 2.75) is 79.3 Å². The summed E-state index contributed by atoms with van der Waals surface area (Å²) >= 11 is 0. The van der Waals surface area contributed by atoms with E-state index < -0.39 is 11.7 Å². The summed E-state index contributed by atoms with van der Waals surface area (Å²) in [5.74, 6) is -0.0866. The van der Waals surface area contributed by atoms with Gasteiger partial charge in [0.15, 0.2) is 0 Å². The number of hydrogen-bond acceptors (Lipinski definition) is 5. The highest BCUT2D eigenvalue weighted by molar-refractivity contribution is 5.76. The van der Waals surface area contributed by atoms with Crippen LogP contribution in [0.15, 0.2) is 30.5 Å². The van der Waals surface area contributed by atoms with E-state index in [1.807, 2.05) is 52.0 Å². The Morgan fingerprint density at radius 1 is 1.03 bits per heavy atom. The quantitative estimate of drug-likeness (QED) is 0.288. The number of para-hydroxylation sites is 1. The van der Waals surface area contributed by atoms with E-state index in [9.17, 15) is 18.0 Å². The SMILES string of the molecule is CC.CCCCCC(=O)N(CCC)CCCNc1nc(Nc2ccccc2C)ncc1C(F)(F)F. The molecule has 1 amide bonds. The summed E-state index contributed by atoms with van der Waals surface area (Å²) in [4.78, 5) is 22.2. The van der Waals surface area contributed by atoms with Gasteiger partial charge < -0.3 is 15.5 Å². The number of halogens is 3. The Morgan fingerprint density at radius 3 is 2.37 bits per heavy atom. The summed E-state index contributed by atoms with van der Waals surface area (Å²) in [7, 11) is 0. The van der Waals surface area contributed by atoms with Crippen LogP contribution in [0.1, 0.15) is 77.3 Å². The highest BCUT2D eigenvalue weighted by Gasteiger charge is 2.35. The Hall–Kier alpha value is -2.84. The van der Waals surface area contributed by atoms with Crippen LogP contribution in [-0.2, 0) is 11.0 Å². The fraction of sp³-hybridized carbons (Fsp3) is 0.577. The van der Waals surface area contributed by atoms with Gasteiger partial charge in [0.05, 0.1) is 0 Å². The standard InChI is InChI=1S/C24H34F3N5O.C2H6/c1-4-6-7-13-21(33)32(15-5-2)16-10-14-28-22-19(24(25,26)27)17-29-23(31-22)30-20-12-9-8-11-18(20)3;1-2/h8-9,11-12,17H,4-7,10,13-16H2,1-3H3,(H2,28,29,30,31);1-2H3. The molecule has 2 rings (SSSR count). The number of alkyl halides is 3. The summed E-state index contributed by atoms with van der Waals surface area (Å²) in [6, 6.07) is 7.39. The number of nitrogens with zero attached hydrogens (tertiary/aromatic N) is 3. The van der Waals surface area contributed by atoms with Gasteiger partial charge in [0.2, 0.25) is 11.9 Å². The van der Waals surface area contributed by atoms with E-state index in [0.717, 1.165) is 43.1 Å². The molecule has 0 spiro atoms. The average Bonchev–Trinajstić information content (AvgIpc) is 2.83. The predicted octanol–water partition coefficient (Wildman–Crippen LogP) is 7.19. The van der Waals surface area contributed by atoms with Gasteiger partial charge in [-0.3, -0.25) is 4.79 Å². The first kappa shape index (κ1) is 30.2. The minimum atomic E-state index is -4.58. The van der Waals surface area contributed by atoms with Gasteiger partial charge in [0, 0.05) is 37.9 Å². The third kappa shape index (κ3) is 10.5. The van der Waals surface area contributed by atoms with Gasteiger partial charge >= 0.3 is 6.18 Å². The maximum Gasteiger partial charge on any atom is 0.421 e. The van der Waals surface area contributed by atoms with Crippen LogP contribution in [0, 0.1) is 6.92 Å². The van der Waals surface area contributed by atoms with Crippen molar-refractivity contribution in [3.63, 3.8) is 0 Å². The first-order valence-electron chi connectivity index (χ1n) is 12.5. The molecule has 196 valence electrons. The highest BCUT2D eigenvalue weighted by Crippen LogP contribution is 2.34. The third-order valence-electron chi connectivity index (χ3n) is 5.22. The number of carbonyl (C=O) groups is 1. The molecule has 0 saturated carbocycles. The van der Waals surface area contributed by atoms with Crippen LogP contribution in [-0.4, -0.2) is 40.4 Å². The molecule has 1 heterocycles. The first-order valence-corrected chi connectivity index (χ1v) is 12.5. The first-order chi connectivity index (χ1) is 16.8. The number of anilines is 3. The second-order valence-corrected chi connectivity index (χ2v) is 8.01. The number of hydrogen-bond donors (Lipinski definition) is 2. The van der Waals surface area contributed by atoms with Gasteiger partial charge in [-0.1, -0.05) is 58.7 Å². The Labute approximate surface area is 207 Å². The van der Waals surface area contributed by atoms with Crippen LogP contribution in [0.25, 0.3) is 0 Å². The van der Waals surface area contributed by atoms with E-state index in [1.54, 1.807) is 4.90 Å². The smallest absolute Gasteiger partial charge is 0.369 e. The van der Waals surface area contributed by atoms with Crippen molar-refractivity contribution in [1.29, 1.82) is 0 Å². The molecule has 0 fully saturated rings. The maximum absolute atomic E-state index is 13.5. The molecule has 0 atom stereocenters. The van der Waals surface area contributed by atoms with Gasteiger partial charge in [0.1, 0.15) is 11.4 Å². The van der Waals surface area contributed by atoms with Gasteiger partial charge in [0.25, 0.3) is 0 Å². The lowest BCUT2D eigenvalue weighted by molar-refractivity contribution is -0.137. The number of nitrogens with one attached hydrogen (secondary N) is 2. The molecule has 0 aliphatic carbocycles. The number of benzene rings is 1. The zero-order chi connectivity index (χ0) is 26.3. The van der Waals surface area contributed by atoms with Crippen LogP contribution < -0.4 is 10.6 Å². The Bertz CT molecular complexity index is 890. The van der Waals surface area contributed by atoms with Gasteiger partial charge in [-0.2, -0.15) is 18.2 Å². The molecule has 1 aromatic heterocycles. The minimum absolute atomic E-state index is 0.0820. The molecular formula is C26H40F3N5O. The fourth-order valence-electron chi connectivity index (χ4n) is 3.41. The van der Waals surface area contributed by atoms with Gasteiger partial charge in [-0.15, -0.1) is 0 Å².